The standard InChI is InChI=1S/C7H11N2O2/c10-6-7(11)9-4-1-2-8-3-5-9/h8H,1-5H2. The summed E-state index contributed by atoms with van der Waals surface area (Å²) in [5, 5.41) is 3.13. The van der Waals surface area contributed by atoms with E-state index in [4.69, 9.17) is 0 Å². The zero-order valence-electron chi connectivity index (χ0n) is 6.30. The van der Waals surface area contributed by atoms with Crippen LogP contribution < -0.4 is 5.32 Å². The molecule has 1 amide bonds. The van der Waals surface area contributed by atoms with Gasteiger partial charge in [0.2, 0.25) is 0 Å². The first-order valence-corrected chi connectivity index (χ1v) is 3.72. The molecule has 0 aromatic heterocycles. The summed E-state index contributed by atoms with van der Waals surface area (Å²) in [6.07, 6.45) is 2.28. The summed E-state index contributed by atoms with van der Waals surface area (Å²) in [5.41, 5.74) is 0. The van der Waals surface area contributed by atoms with Gasteiger partial charge < -0.3 is 10.2 Å². The summed E-state index contributed by atoms with van der Waals surface area (Å²) in [5.74, 6) is -0.520. The minimum atomic E-state index is -0.520. The molecule has 4 heteroatoms. The molecule has 0 saturated carbocycles. The first-order chi connectivity index (χ1) is 5.34. The quantitative estimate of drug-likeness (QED) is 0.490. The van der Waals surface area contributed by atoms with Crippen molar-refractivity contribution in [1.29, 1.82) is 0 Å². The van der Waals surface area contributed by atoms with Crippen molar-refractivity contribution in [3.8, 4) is 0 Å². The van der Waals surface area contributed by atoms with Crippen LogP contribution in [0.3, 0.4) is 0 Å². The third kappa shape index (κ3) is 2.31. The Morgan fingerprint density at radius 3 is 2.91 bits per heavy atom. The fraction of sp³-hybridized carbons (Fsp3) is 0.714. The van der Waals surface area contributed by atoms with Gasteiger partial charge in [-0.25, -0.2) is 0 Å². The van der Waals surface area contributed by atoms with Crippen molar-refractivity contribution in [3.63, 3.8) is 0 Å². The fourth-order valence-electron chi connectivity index (χ4n) is 1.11. The minimum absolute atomic E-state index is 0.520. The highest BCUT2D eigenvalue weighted by Gasteiger charge is 2.13. The first kappa shape index (κ1) is 8.20. The number of hydrogen-bond donors (Lipinski definition) is 1. The third-order valence-corrected chi connectivity index (χ3v) is 1.71. The average molecular weight is 155 g/mol. The van der Waals surface area contributed by atoms with E-state index in [2.05, 4.69) is 5.32 Å². The van der Waals surface area contributed by atoms with E-state index >= 15 is 0 Å². The van der Waals surface area contributed by atoms with E-state index in [9.17, 15) is 9.59 Å². The van der Waals surface area contributed by atoms with E-state index in [1.54, 1.807) is 0 Å². The molecule has 1 heterocycles. The number of carbonyl (C=O) groups excluding carboxylic acids is 2. The van der Waals surface area contributed by atoms with Crippen molar-refractivity contribution in [2.45, 2.75) is 6.42 Å². The van der Waals surface area contributed by atoms with Crippen molar-refractivity contribution in [2.75, 3.05) is 26.2 Å². The molecule has 0 unspecified atom stereocenters. The van der Waals surface area contributed by atoms with Crippen LogP contribution in [0, 0.1) is 0 Å². The van der Waals surface area contributed by atoms with Crippen molar-refractivity contribution >= 4 is 12.2 Å². The largest absolute Gasteiger partial charge is 0.334 e. The van der Waals surface area contributed by atoms with Gasteiger partial charge in [-0.05, 0) is 13.0 Å². The molecule has 61 valence electrons. The van der Waals surface area contributed by atoms with Gasteiger partial charge in [0.25, 0.3) is 12.2 Å². The van der Waals surface area contributed by atoms with Crippen LogP contribution in [-0.2, 0) is 9.59 Å². The number of hydrogen-bond acceptors (Lipinski definition) is 3. The Bertz CT molecular complexity index is 151. The van der Waals surface area contributed by atoms with Crippen LogP contribution in [0.25, 0.3) is 0 Å². The lowest BCUT2D eigenvalue weighted by Crippen LogP contribution is -2.34. The van der Waals surface area contributed by atoms with Gasteiger partial charge in [0.1, 0.15) is 0 Å². The van der Waals surface area contributed by atoms with Crippen LogP contribution in [0.1, 0.15) is 6.42 Å². The molecule has 1 rings (SSSR count). The first-order valence-electron chi connectivity index (χ1n) is 3.72. The Morgan fingerprint density at radius 1 is 1.36 bits per heavy atom. The molecular weight excluding hydrogens is 144 g/mol. The van der Waals surface area contributed by atoms with Crippen LogP contribution in [0.4, 0.5) is 0 Å². The van der Waals surface area contributed by atoms with Crippen molar-refractivity contribution in [3.05, 3.63) is 0 Å². The lowest BCUT2D eigenvalue weighted by Gasteiger charge is -2.15. The van der Waals surface area contributed by atoms with E-state index < -0.39 is 5.91 Å². The van der Waals surface area contributed by atoms with Crippen molar-refractivity contribution in [2.24, 2.45) is 0 Å². The average Bonchev–Trinajstić information content (AvgIpc) is 2.30. The predicted octanol–water partition coefficient (Wildman–Crippen LogP) is -1.08. The van der Waals surface area contributed by atoms with E-state index in [1.807, 2.05) is 0 Å². The molecule has 0 aliphatic carbocycles. The molecular formula is C7H11N2O2. The van der Waals surface area contributed by atoms with Gasteiger partial charge in [-0.1, -0.05) is 0 Å². The van der Waals surface area contributed by atoms with Crippen molar-refractivity contribution < 1.29 is 9.59 Å². The molecule has 0 atom stereocenters. The van der Waals surface area contributed by atoms with Crippen LogP contribution in [0.5, 0.6) is 0 Å². The molecule has 0 aromatic rings. The fourth-order valence-corrected chi connectivity index (χ4v) is 1.11. The molecule has 1 radical (unpaired) electrons. The number of nitrogens with zero attached hydrogens (tertiary/aromatic N) is 1. The maximum absolute atomic E-state index is 10.8. The summed E-state index contributed by atoms with van der Waals surface area (Å²) in [6, 6.07) is 0. The zero-order chi connectivity index (χ0) is 8.10. The second-order valence-corrected chi connectivity index (χ2v) is 2.50. The number of rotatable bonds is 1. The summed E-state index contributed by atoms with van der Waals surface area (Å²) < 4.78 is 0. The molecule has 1 fully saturated rings. The van der Waals surface area contributed by atoms with E-state index in [1.165, 1.54) is 11.2 Å². The van der Waals surface area contributed by atoms with Gasteiger partial charge in [-0.2, -0.15) is 0 Å². The van der Waals surface area contributed by atoms with Crippen LogP contribution in [0.15, 0.2) is 0 Å². The zero-order valence-corrected chi connectivity index (χ0v) is 6.30. The Hall–Kier alpha value is -0.900. The van der Waals surface area contributed by atoms with Gasteiger partial charge >= 0.3 is 0 Å². The monoisotopic (exact) mass is 155 g/mol. The molecule has 0 spiro atoms. The second kappa shape index (κ2) is 4.08. The highest BCUT2D eigenvalue weighted by molar-refractivity contribution is 6.23. The molecule has 1 N–H and O–H groups in total. The summed E-state index contributed by atoms with van der Waals surface area (Å²) in [7, 11) is 0. The van der Waals surface area contributed by atoms with Gasteiger partial charge in [-0.15, -0.1) is 0 Å². The molecule has 0 bridgehead atoms. The lowest BCUT2D eigenvalue weighted by molar-refractivity contribution is -0.124. The van der Waals surface area contributed by atoms with Gasteiger partial charge in [0.15, 0.2) is 0 Å². The smallest absolute Gasteiger partial charge is 0.298 e. The molecule has 1 aliphatic heterocycles. The number of carbonyl (C=O) groups is 1. The summed E-state index contributed by atoms with van der Waals surface area (Å²) in [4.78, 5) is 22.3. The Morgan fingerprint density at radius 2 is 2.18 bits per heavy atom. The van der Waals surface area contributed by atoms with E-state index in [0.29, 0.717) is 13.1 Å². The van der Waals surface area contributed by atoms with Crippen molar-refractivity contribution in [1.82, 2.24) is 10.2 Å². The SMILES string of the molecule is O=[C]C(=O)N1CCCNCC1. The third-order valence-electron chi connectivity index (χ3n) is 1.71. The highest BCUT2D eigenvalue weighted by Crippen LogP contribution is 1.93. The maximum atomic E-state index is 10.8. The Balaban J connectivity index is 2.42. The molecule has 4 nitrogen and oxygen atoms in total. The maximum Gasteiger partial charge on any atom is 0.298 e. The molecule has 1 saturated heterocycles. The summed E-state index contributed by atoms with van der Waals surface area (Å²) in [6.45, 7) is 2.98. The summed E-state index contributed by atoms with van der Waals surface area (Å²) >= 11 is 0. The molecule has 11 heavy (non-hydrogen) atoms. The lowest BCUT2D eigenvalue weighted by atomic mass is 10.4. The Kier molecular flexibility index (Phi) is 3.04. The van der Waals surface area contributed by atoms with Gasteiger partial charge in [0, 0.05) is 19.6 Å². The van der Waals surface area contributed by atoms with Gasteiger partial charge in [-0.3, -0.25) is 9.59 Å². The highest BCUT2D eigenvalue weighted by atomic mass is 16.2. The van der Waals surface area contributed by atoms with Gasteiger partial charge in [0.05, 0.1) is 0 Å². The normalized spacial score (nSPS) is 19.1. The van der Waals surface area contributed by atoms with E-state index in [-0.39, 0.29) is 0 Å². The van der Waals surface area contributed by atoms with E-state index in [0.717, 1.165) is 19.5 Å². The molecule has 0 aromatic carbocycles. The van der Waals surface area contributed by atoms with Crippen LogP contribution in [-0.4, -0.2) is 43.3 Å². The number of amides is 1. The predicted molar refractivity (Wildman–Crippen MR) is 39.8 cm³/mol. The minimum Gasteiger partial charge on any atom is -0.334 e. The topological polar surface area (TPSA) is 49.4 Å². The second-order valence-electron chi connectivity index (χ2n) is 2.50. The van der Waals surface area contributed by atoms with Crippen LogP contribution in [0.2, 0.25) is 0 Å². The number of nitrogens with one attached hydrogen (secondary N) is 1. The molecule has 1 aliphatic rings. The Labute approximate surface area is 65.6 Å². The van der Waals surface area contributed by atoms with Crippen LogP contribution >= 0.6 is 0 Å².